The van der Waals surface area contributed by atoms with E-state index in [9.17, 15) is 0 Å². The van der Waals surface area contributed by atoms with Crippen molar-refractivity contribution < 1.29 is 11.0 Å². The van der Waals surface area contributed by atoms with Gasteiger partial charge in [0.2, 0.25) is 5.95 Å². The highest BCUT2D eigenvalue weighted by molar-refractivity contribution is 5.75. The number of aromatic nitrogens is 7. The zero-order valence-electron chi connectivity index (χ0n) is 25.7. The van der Waals surface area contributed by atoms with E-state index >= 15 is 0 Å². The van der Waals surface area contributed by atoms with Crippen LogP contribution in [0.4, 0.5) is 11.6 Å². The normalized spacial score (nSPS) is 24.0. The lowest BCUT2D eigenvalue weighted by Crippen LogP contribution is -2.47. The minimum atomic E-state index is -3.13. The van der Waals surface area contributed by atoms with Crippen molar-refractivity contribution >= 4 is 17.2 Å². The molecule has 4 aromatic heterocycles. The fourth-order valence-corrected chi connectivity index (χ4v) is 3.59. The Labute approximate surface area is 202 Å². The maximum Gasteiger partial charge on any atom is 0.244 e. The average molecular weight is 448 g/mol. The molecule has 0 N–H and O–H groups in total. The van der Waals surface area contributed by atoms with Gasteiger partial charge in [-0.2, -0.15) is 10.2 Å². The van der Waals surface area contributed by atoms with Gasteiger partial charge < -0.3 is 9.80 Å². The molecule has 0 unspecified atom stereocenters. The smallest absolute Gasteiger partial charge is 0.244 e. The van der Waals surface area contributed by atoms with Crippen LogP contribution >= 0.6 is 0 Å². The van der Waals surface area contributed by atoms with Gasteiger partial charge in [0.15, 0.2) is 0 Å². The van der Waals surface area contributed by atoms with E-state index in [2.05, 4.69) is 20.3 Å². The molecule has 1 aliphatic heterocycles. The Hall–Kier alpha value is -4.14. The topological polar surface area (TPSA) is 72.3 Å². The van der Waals surface area contributed by atoms with Crippen LogP contribution in [0.5, 0.6) is 0 Å². The molecule has 0 spiro atoms. The Balaban J connectivity index is 1.41. The fraction of sp³-hybridized carbons (Fsp3) is 0.250. The van der Waals surface area contributed by atoms with Gasteiger partial charge in [-0.3, -0.25) is 4.68 Å². The van der Waals surface area contributed by atoms with E-state index in [1.807, 2.05) is 30.3 Å². The van der Waals surface area contributed by atoms with Gasteiger partial charge in [-0.25, -0.2) is 14.2 Å². The summed E-state index contributed by atoms with van der Waals surface area (Å²) in [6.07, 6.45) is 7.61. The molecule has 5 heterocycles. The second kappa shape index (κ2) is 8.09. The summed E-state index contributed by atoms with van der Waals surface area (Å²) >= 11 is 0. The molecule has 166 valence electrons. The number of nitrogens with zero attached hydrogens (tertiary/aromatic N) is 9. The molecule has 1 aliphatic rings. The van der Waals surface area contributed by atoms with E-state index in [0.717, 1.165) is 16.7 Å². The molecule has 0 amide bonds. The van der Waals surface area contributed by atoms with Gasteiger partial charge in [0, 0.05) is 56.6 Å². The fourth-order valence-electron chi connectivity index (χ4n) is 3.59. The van der Waals surface area contributed by atoms with Gasteiger partial charge in [0.1, 0.15) is 6.33 Å². The summed E-state index contributed by atoms with van der Waals surface area (Å²) in [5.74, 6) is -0.482. The summed E-state index contributed by atoms with van der Waals surface area (Å²) in [5.41, 5.74) is 2.56. The second-order valence-electron chi connectivity index (χ2n) is 7.53. The van der Waals surface area contributed by atoms with Crippen molar-refractivity contribution in [3.8, 4) is 11.1 Å². The second-order valence-corrected chi connectivity index (χ2v) is 7.53. The van der Waals surface area contributed by atoms with E-state index in [0.29, 0.717) is 9.80 Å². The number of pyridine rings is 1. The lowest BCUT2D eigenvalue weighted by atomic mass is 10.1. The summed E-state index contributed by atoms with van der Waals surface area (Å²) in [6, 6.07) is 12.6. The zero-order chi connectivity index (χ0) is 29.4. The molecule has 1 fully saturated rings. The van der Waals surface area contributed by atoms with E-state index in [-0.39, 0.29) is 17.7 Å². The summed E-state index contributed by atoms with van der Waals surface area (Å²) < 4.78 is 75.2. The van der Waals surface area contributed by atoms with E-state index < -0.39 is 31.9 Å². The van der Waals surface area contributed by atoms with E-state index in [4.69, 9.17) is 11.0 Å². The van der Waals surface area contributed by atoms with Crippen molar-refractivity contribution in [1.29, 1.82) is 0 Å². The molecule has 0 atom stereocenters. The first-order chi connectivity index (χ1) is 19.2. The molecule has 9 heteroatoms. The highest BCUT2D eigenvalue weighted by Gasteiger charge is 2.22. The SMILES string of the molecule is [2H]C1([2H])N(c2ncn(Cc3ccccc3)n2)C([2H])([2H])C([2H])([2H])N(c2cnn3cc(-c4cnn(C)c4)ccc23)C1([2H])[2H]. The summed E-state index contributed by atoms with van der Waals surface area (Å²) in [5, 5.41) is 12.6. The zero-order valence-corrected chi connectivity index (χ0v) is 17.7. The van der Waals surface area contributed by atoms with E-state index in [1.54, 1.807) is 42.5 Å². The van der Waals surface area contributed by atoms with Crippen molar-refractivity contribution in [2.75, 3.05) is 35.8 Å². The van der Waals surface area contributed by atoms with Crippen LogP contribution in [0.25, 0.3) is 16.6 Å². The Morgan fingerprint density at radius 3 is 2.48 bits per heavy atom. The number of piperazine rings is 1. The minimum Gasteiger partial charge on any atom is -0.365 e. The number of rotatable bonds is 5. The number of hydrogen-bond donors (Lipinski definition) is 0. The summed E-state index contributed by atoms with van der Waals surface area (Å²) in [7, 11) is 1.78. The predicted molar refractivity (Wildman–Crippen MR) is 127 cm³/mol. The maximum absolute atomic E-state index is 8.87. The third-order valence-corrected chi connectivity index (χ3v) is 5.23. The van der Waals surface area contributed by atoms with Gasteiger partial charge in [-0.15, -0.1) is 5.10 Å². The van der Waals surface area contributed by atoms with Crippen LogP contribution < -0.4 is 9.80 Å². The molecule has 33 heavy (non-hydrogen) atoms. The third kappa shape index (κ3) is 3.82. The first-order valence-electron chi connectivity index (χ1n) is 14.3. The lowest BCUT2D eigenvalue weighted by Gasteiger charge is -2.35. The molecule has 0 aliphatic carbocycles. The molecular weight excluding hydrogens is 414 g/mol. The van der Waals surface area contributed by atoms with Crippen LogP contribution in [0.3, 0.4) is 0 Å². The largest absolute Gasteiger partial charge is 0.365 e. The maximum atomic E-state index is 8.87. The molecule has 0 bridgehead atoms. The molecule has 6 rings (SSSR count). The summed E-state index contributed by atoms with van der Waals surface area (Å²) in [6.45, 7) is -12.2. The number of fused-ring (bicyclic) bond motifs is 1. The highest BCUT2D eigenvalue weighted by Crippen LogP contribution is 2.26. The van der Waals surface area contributed by atoms with Crippen LogP contribution in [-0.4, -0.2) is 60.1 Å². The minimum absolute atomic E-state index is 0.118. The van der Waals surface area contributed by atoms with Crippen LogP contribution in [0.1, 0.15) is 16.5 Å². The number of benzene rings is 1. The van der Waals surface area contributed by atoms with Crippen LogP contribution in [0.15, 0.2) is 73.6 Å². The van der Waals surface area contributed by atoms with Crippen LogP contribution in [0.2, 0.25) is 0 Å². The Morgan fingerprint density at radius 1 is 0.879 bits per heavy atom. The molecule has 0 saturated carbocycles. The van der Waals surface area contributed by atoms with Crippen molar-refractivity contribution in [1.82, 2.24) is 34.2 Å². The van der Waals surface area contributed by atoms with Crippen molar-refractivity contribution in [2.45, 2.75) is 6.54 Å². The van der Waals surface area contributed by atoms with E-state index in [1.165, 1.54) is 21.7 Å². The quantitative estimate of drug-likeness (QED) is 0.413. The Bertz CT molecular complexity index is 1700. The lowest BCUT2D eigenvalue weighted by molar-refractivity contribution is 0.628. The van der Waals surface area contributed by atoms with Crippen molar-refractivity contribution in [3.05, 3.63) is 79.1 Å². The molecule has 1 saturated heterocycles. The first kappa shape index (κ1) is 12.8. The van der Waals surface area contributed by atoms with Gasteiger partial charge >= 0.3 is 0 Å². The van der Waals surface area contributed by atoms with Crippen LogP contribution in [-0.2, 0) is 13.6 Å². The third-order valence-electron chi connectivity index (χ3n) is 5.23. The molecule has 9 nitrogen and oxygen atoms in total. The number of anilines is 2. The molecule has 1 aromatic carbocycles. The summed E-state index contributed by atoms with van der Waals surface area (Å²) in [4.78, 5) is 4.90. The first-order valence-corrected chi connectivity index (χ1v) is 10.3. The van der Waals surface area contributed by atoms with Crippen molar-refractivity contribution in [3.63, 3.8) is 0 Å². The standard InChI is InChI=1S/C24H25N9/c1-29-16-21(13-26-29)20-7-8-22-23(14-27-33(22)17-20)30-9-11-31(12-10-30)24-25-18-32(28-24)15-19-5-3-2-4-6-19/h2-8,13-14,16-18H,9-12,15H2,1H3/i9D2,10D2,11D2,12D2. The van der Waals surface area contributed by atoms with Gasteiger partial charge in [-0.1, -0.05) is 36.4 Å². The van der Waals surface area contributed by atoms with Gasteiger partial charge in [0.05, 0.1) is 41.1 Å². The number of hydrogen-bond acceptors (Lipinski definition) is 6. The van der Waals surface area contributed by atoms with Crippen molar-refractivity contribution in [2.24, 2.45) is 7.05 Å². The molecular formula is C24H25N9. The van der Waals surface area contributed by atoms with Gasteiger partial charge in [0.25, 0.3) is 0 Å². The number of aryl methyl sites for hydroxylation is 1. The van der Waals surface area contributed by atoms with Crippen LogP contribution in [0, 0.1) is 0 Å². The Morgan fingerprint density at radius 2 is 1.70 bits per heavy atom. The average Bonchev–Trinajstić information content (AvgIpc) is 3.64. The van der Waals surface area contributed by atoms with Gasteiger partial charge in [-0.05, 0) is 11.6 Å². The predicted octanol–water partition coefficient (Wildman–Crippen LogP) is 2.70. The highest BCUT2D eigenvalue weighted by atomic mass is 15.4. The molecule has 0 radical (unpaired) electrons. The Kier molecular flexibility index (Phi) is 3.13. The monoisotopic (exact) mass is 447 g/mol. The molecule has 5 aromatic rings.